The second-order valence-corrected chi connectivity index (χ2v) is 7.71. The zero-order chi connectivity index (χ0) is 14.1. The first-order valence-corrected chi connectivity index (χ1v) is 6.93. The highest BCUT2D eigenvalue weighted by atomic mass is 19.3. The lowest BCUT2D eigenvalue weighted by atomic mass is 9.62. The Labute approximate surface area is 110 Å². The van der Waals surface area contributed by atoms with Crippen molar-refractivity contribution in [1.29, 1.82) is 0 Å². The molecule has 1 fully saturated rings. The van der Waals surface area contributed by atoms with Crippen LogP contribution < -0.4 is 0 Å². The fourth-order valence-corrected chi connectivity index (χ4v) is 3.20. The summed E-state index contributed by atoms with van der Waals surface area (Å²) >= 11 is 0. The molecular weight excluding hydrogens is 234 g/mol. The molecule has 108 valence electrons. The summed E-state index contributed by atoms with van der Waals surface area (Å²) in [6.45, 7) is 13.6. The van der Waals surface area contributed by atoms with Crippen LogP contribution in [0.15, 0.2) is 0 Å². The van der Waals surface area contributed by atoms with Crippen LogP contribution in [-0.2, 0) is 4.74 Å². The Morgan fingerprint density at radius 3 is 1.83 bits per heavy atom. The number of halogens is 2. The lowest BCUT2D eigenvalue weighted by Crippen LogP contribution is -2.37. The highest BCUT2D eigenvalue weighted by molar-refractivity contribution is 4.90. The van der Waals surface area contributed by atoms with Gasteiger partial charge in [-0.1, -0.05) is 41.5 Å². The largest absolute Gasteiger partial charge is 0.372 e. The van der Waals surface area contributed by atoms with E-state index in [1.807, 2.05) is 0 Å². The van der Waals surface area contributed by atoms with Crippen molar-refractivity contribution in [2.45, 2.75) is 66.9 Å². The summed E-state index contributed by atoms with van der Waals surface area (Å²) in [6, 6.07) is 0. The van der Waals surface area contributed by atoms with Crippen molar-refractivity contribution in [3.05, 3.63) is 0 Å². The van der Waals surface area contributed by atoms with Crippen molar-refractivity contribution in [2.24, 2.45) is 22.7 Å². The normalized spacial score (nSPS) is 31.5. The predicted molar refractivity (Wildman–Crippen MR) is 70.9 cm³/mol. The van der Waals surface area contributed by atoms with E-state index in [-0.39, 0.29) is 16.7 Å². The van der Waals surface area contributed by atoms with Crippen LogP contribution >= 0.6 is 0 Å². The van der Waals surface area contributed by atoms with Gasteiger partial charge >= 0.3 is 0 Å². The van der Waals surface area contributed by atoms with Gasteiger partial charge in [-0.2, -0.15) is 0 Å². The summed E-state index contributed by atoms with van der Waals surface area (Å²) in [4.78, 5) is 0. The molecule has 0 amide bonds. The number of hydrogen-bond acceptors (Lipinski definition) is 1. The molecule has 0 aromatic heterocycles. The first kappa shape index (κ1) is 15.9. The Morgan fingerprint density at radius 2 is 1.44 bits per heavy atom. The van der Waals surface area contributed by atoms with E-state index in [1.165, 1.54) is 0 Å². The van der Waals surface area contributed by atoms with Crippen molar-refractivity contribution in [2.75, 3.05) is 6.61 Å². The molecule has 3 heteroatoms. The lowest BCUT2D eigenvalue weighted by molar-refractivity contribution is -0.0616. The Bertz CT molecular complexity index is 263. The number of alkyl halides is 2. The van der Waals surface area contributed by atoms with Gasteiger partial charge in [0.1, 0.15) is 6.10 Å². The average Bonchev–Trinajstić information content (AvgIpc) is 2.36. The zero-order valence-electron chi connectivity index (χ0n) is 12.6. The molecule has 3 unspecified atom stereocenters. The molecule has 0 saturated carbocycles. The van der Waals surface area contributed by atoms with Crippen molar-refractivity contribution in [3.63, 3.8) is 0 Å². The third-order valence-electron chi connectivity index (χ3n) is 4.24. The first-order chi connectivity index (χ1) is 8.03. The molecule has 0 aromatic carbocycles. The summed E-state index contributed by atoms with van der Waals surface area (Å²) in [5.74, 6) is 0.709. The molecule has 1 saturated heterocycles. The van der Waals surface area contributed by atoms with Gasteiger partial charge in [-0.05, 0) is 35.5 Å². The van der Waals surface area contributed by atoms with E-state index in [4.69, 9.17) is 4.74 Å². The quantitative estimate of drug-likeness (QED) is 0.662. The van der Waals surface area contributed by atoms with E-state index in [1.54, 1.807) is 0 Å². The Balaban J connectivity index is 2.98. The Hall–Kier alpha value is -0.180. The molecule has 0 aliphatic carbocycles. The smallest absolute Gasteiger partial charge is 0.264 e. The van der Waals surface area contributed by atoms with Gasteiger partial charge in [0.2, 0.25) is 0 Å². The zero-order valence-corrected chi connectivity index (χ0v) is 12.6. The van der Waals surface area contributed by atoms with Gasteiger partial charge in [0.05, 0.1) is 0 Å². The number of rotatable bonds is 1. The van der Waals surface area contributed by atoms with Crippen LogP contribution in [0.25, 0.3) is 0 Å². The molecule has 0 radical (unpaired) electrons. The van der Waals surface area contributed by atoms with Gasteiger partial charge in [-0.3, -0.25) is 0 Å². The molecule has 1 rings (SSSR count). The predicted octanol–water partition coefficient (Wildman–Crippen LogP) is 4.76. The second-order valence-electron chi connectivity index (χ2n) is 7.71. The molecule has 1 heterocycles. The Morgan fingerprint density at radius 1 is 0.944 bits per heavy atom. The molecule has 0 spiro atoms. The van der Waals surface area contributed by atoms with Crippen LogP contribution in [0.2, 0.25) is 0 Å². The van der Waals surface area contributed by atoms with Crippen LogP contribution in [0.4, 0.5) is 8.78 Å². The van der Waals surface area contributed by atoms with E-state index in [2.05, 4.69) is 41.5 Å². The standard InChI is InChI=1S/C15H28F2O/c1-14(2,3)10-7-8-18-12(13(16)17)9-11(10)15(4,5)6/h10-13H,7-9H2,1-6H3. The van der Waals surface area contributed by atoms with Gasteiger partial charge < -0.3 is 4.74 Å². The van der Waals surface area contributed by atoms with E-state index in [0.29, 0.717) is 18.9 Å². The number of hydrogen-bond donors (Lipinski definition) is 0. The summed E-state index contributed by atoms with van der Waals surface area (Å²) in [7, 11) is 0. The highest BCUT2D eigenvalue weighted by Crippen LogP contribution is 2.47. The summed E-state index contributed by atoms with van der Waals surface area (Å²) < 4.78 is 31.3. The van der Waals surface area contributed by atoms with Gasteiger partial charge in [-0.25, -0.2) is 8.78 Å². The van der Waals surface area contributed by atoms with Crippen molar-refractivity contribution in [1.82, 2.24) is 0 Å². The molecule has 3 atom stereocenters. The SMILES string of the molecule is CC(C)(C)C1CCOC(C(F)F)CC1C(C)(C)C. The second kappa shape index (κ2) is 5.44. The maximum Gasteiger partial charge on any atom is 0.264 e. The van der Waals surface area contributed by atoms with Crippen LogP contribution in [0.5, 0.6) is 0 Å². The molecule has 18 heavy (non-hydrogen) atoms. The summed E-state index contributed by atoms with van der Waals surface area (Å²) in [5.41, 5.74) is 0.178. The fourth-order valence-electron chi connectivity index (χ4n) is 3.20. The van der Waals surface area contributed by atoms with E-state index in [0.717, 1.165) is 6.42 Å². The highest BCUT2D eigenvalue weighted by Gasteiger charge is 2.43. The molecule has 0 aromatic rings. The third-order valence-corrected chi connectivity index (χ3v) is 4.24. The van der Waals surface area contributed by atoms with Crippen molar-refractivity contribution >= 4 is 0 Å². The molecule has 1 nitrogen and oxygen atoms in total. The molecule has 0 bridgehead atoms. The van der Waals surface area contributed by atoms with Gasteiger partial charge in [-0.15, -0.1) is 0 Å². The molecule has 1 aliphatic rings. The minimum atomic E-state index is -2.37. The summed E-state index contributed by atoms with van der Waals surface area (Å²) in [5, 5.41) is 0. The van der Waals surface area contributed by atoms with E-state index in [9.17, 15) is 8.78 Å². The van der Waals surface area contributed by atoms with Crippen LogP contribution in [-0.4, -0.2) is 19.1 Å². The third kappa shape index (κ3) is 3.91. The van der Waals surface area contributed by atoms with Gasteiger partial charge in [0.25, 0.3) is 6.43 Å². The molecular formula is C15H28F2O. The molecule has 0 N–H and O–H groups in total. The molecule has 1 aliphatic heterocycles. The first-order valence-electron chi connectivity index (χ1n) is 6.93. The average molecular weight is 262 g/mol. The van der Waals surface area contributed by atoms with Crippen molar-refractivity contribution in [3.8, 4) is 0 Å². The lowest BCUT2D eigenvalue weighted by Gasteiger charge is -2.43. The van der Waals surface area contributed by atoms with Gasteiger partial charge in [0.15, 0.2) is 0 Å². The van der Waals surface area contributed by atoms with Crippen molar-refractivity contribution < 1.29 is 13.5 Å². The topological polar surface area (TPSA) is 9.23 Å². The van der Waals surface area contributed by atoms with Crippen LogP contribution in [0.1, 0.15) is 54.4 Å². The van der Waals surface area contributed by atoms with E-state index >= 15 is 0 Å². The Kier molecular flexibility index (Phi) is 4.80. The van der Waals surface area contributed by atoms with Crippen LogP contribution in [0, 0.1) is 22.7 Å². The van der Waals surface area contributed by atoms with Crippen LogP contribution in [0.3, 0.4) is 0 Å². The fraction of sp³-hybridized carbons (Fsp3) is 1.00. The summed E-state index contributed by atoms with van der Waals surface area (Å²) in [6.07, 6.45) is -1.90. The maximum atomic E-state index is 13.0. The monoisotopic (exact) mass is 262 g/mol. The maximum absolute atomic E-state index is 13.0. The van der Waals surface area contributed by atoms with E-state index < -0.39 is 12.5 Å². The number of ether oxygens (including phenoxy) is 1. The van der Waals surface area contributed by atoms with Gasteiger partial charge in [0, 0.05) is 6.61 Å². The minimum absolute atomic E-state index is 0.0405. The minimum Gasteiger partial charge on any atom is -0.372 e.